The van der Waals surface area contributed by atoms with Crippen molar-refractivity contribution in [2.24, 2.45) is 5.92 Å². The Labute approximate surface area is 263 Å². The zero-order chi connectivity index (χ0) is 31.0. The molecule has 2 aromatic heterocycles. The Bertz CT molecular complexity index is 1770. The van der Waals surface area contributed by atoms with Gasteiger partial charge in [0, 0.05) is 10.9 Å². The Kier molecular flexibility index (Phi) is 8.28. The summed E-state index contributed by atoms with van der Waals surface area (Å²) in [5, 5.41) is 5.10. The van der Waals surface area contributed by atoms with Crippen LogP contribution in [0.15, 0.2) is 30.3 Å². The summed E-state index contributed by atoms with van der Waals surface area (Å²) in [6.07, 6.45) is 16.2. The van der Waals surface area contributed by atoms with Crippen LogP contribution in [0.3, 0.4) is 0 Å². The first-order valence-electron chi connectivity index (χ1n) is 16.4. The van der Waals surface area contributed by atoms with E-state index >= 15 is 4.39 Å². The largest absolute Gasteiger partial charge is 0.461 e. The molecule has 0 amide bonds. The van der Waals surface area contributed by atoms with E-state index in [1.54, 1.807) is 18.2 Å². The number of pyridine rings is 1. The normalized spacial score (nSPS) is 19.9. The van der Waals surface area contributed by atoms with Gasteiger partial charge in [0.15, 0.2) is 5.82 Å². The zero-order valence-corrected chi connectivity index (χ0v) is 25.7. The van der Waals surface area contributed by atoms with E-state index in [0.29, 0.717) is 46.4 Å². The van der Waals surface area contributed by atoms with Crippen LogP contribution in [-0.4, -0.2) is 58.2 Å². The summed E-state index contributed by atoms with van der Waals surface area (Å²) in [5.74, 6) is 2.02. The van der Waals surface area contributed by atoms with Gasteiger partial charge in [-0.05, 0) is 101 Å². The van der Waals surface area contributed by atoms with E-state index in [2.05, 4.69) is 26.1 Å². The van der Waals surface area contributed by atoms with Gasteiger partial charge in [0.2, 0.25) is 0 Å². The third-order valence-corrected chi connectivity index (χ3v) is 10.2. The van der Waals surface area contributed by atoms with Crippen LogP contribution in [0.25, 0.3) is 32.9 Å². The third kappa shape index (κ3) is 5.59. The van der Waals surface area contributed by atoms with Crippen molar-refractivity contribution >= 4 is 27.5 Å². The summed E-state index contributed by atoms with van der Waals surface area (Å²) >= 11 is 0. The fraction of sp³-hybridized carbons (Fsp3) is 0.472. The number of anilines is 1. The first kappa shape index (κ1) is 29.8. The Morgan fingerprint density at radius 3 is 2.71 bits per heavy atom. The molecule has 3 saturated heterocycles. The molecule has 2 aromatic carbocycles. The van der Waals surface area contributed by atoms with Crippen LogP contribution in [0.4, 0.5) is 14.6 Å². The van der Waals surface area contributed by atoms with E-state index in [1.165, 1.54) is 25.3 Å². The minimum atomic E-state index is -0.651. The number of aromatic nitrogens is 3. The summed E-state index contributed by atoms with van der Waals surface area (Å²) in [7, 11) is 0. The van der Waals surface area contributed by atoms with Gasteiger partial charge in [-0.15, -0.1) is 6.42 Å². The number of nitrogens with one attached hydrogen (secondary N) is 1. The highest BCUT2D eigenvalue weighted by Gasteiger charge is 2.45. The smallest absolute Gasteiger partial charge is 0.319 e. The van der Waals surface area contributed by atoms with Crippen molar-refractivity contribution in [3.8, 4) is 29.6 Å². The van der Waals surface area contributed by atoms with Crippen LogP contribution in [0.2, 0.25) is 0 Å². The number of hydrogen-bond acceptors (Lipinski definition) is 7. The molecule has 0 radical (unpaired) electrons. The molecule has 5 heterocycles. The number of fused-ring (bicyclic) bond motifs is 3. The Morgan fingerprint density at radius 2 is 1.89 bits per heavy atom. The lowest BCUT2D eigenvalue weighted by Crippen LogP contribution is -2.43. The maximum absolute atomic E-state index is 16.7. The number of halogens is 2. The number of nitrogens with zero attached hydrogens (tertiary/aromatic N) is 4. The van der Waals surface area contributed by atoms with E-state index in [1.807, 2.05) is 6.07 Å². The Hall–Kier alpha value is -3.87. The fourth-order valence-corrected chi connectivity index (χ4v) is 7.92. The van der Waals surface area contributed by atoms with Gasteiger partial charge in [0.25, 0.3) is 0 Å². The van der Waals surface area contributed by atoms with E-state index in [-0.39, 0.29) is 34.1 Å². The predicted octanol–water partition coefficient (Wildman–Crippen LogP) is 6.41. The third-order valence-electron chi connectivity index (χ3n) is 10.2. The van der Waals surface area contributed by atoms with Gasteiger partial charge in [0.05, 0.1) is 22.2 Å². The number of hydrogen-bond donors (Lipinski definition) is 2. The highest BCUT2D eigenvalue weighted by atomic mass is 19.1. The maximum atomic E-state index is 16.7. The first-order chi connectivity index (χ1) is 22.0. The predicted molar refractivity (Wildman–Crippen MR) is 174 cm³/mol. The van der Waals surface area contributed by atoms with Crippen LogP contribution < -0.4 is 15.8 Å². The standard InChI is InChI=1S/C36H40F2N6O/c1-2-25-27(37)15-14-24-11-6-12-26(29(24)25)32-31(38)33-30(28(41-32)13-5-10-23-9-3-4-18-40-21-23)34(39)43-35(42-33)45-22-36-16-7-19-44(36)20-8-17-36/h1,6,11-12,14-15,23,40H,3-5,7-10,13,16-22H2,(H2,39,42,43). The second-order valence-electron chi connectivity index (χ2n) is 13.0. The van der Waals surface area contributed by atoms with E-state index < -0.39 is 11.6 Å². The van der Waals surface area contributed by atoms with Crippen molar-refractivity contribution < 1.29 is 13.5 Å². The number of nitrogens with two attached hydrogens (primary N) is 1. The SMILES string of the molecule is C#Cc1c(F)ccc2cccc(-c3nc(CCCC4CCCCNC4)c4c(N)nc(OCC56CCCN5CCC6)nc4c3F)c12. The number of nitrogen functional groups attached to an aromatic ring is 1. The van der Waals surface area contributed by atoms with Crippen LogP contribution in [0.1, 0.15) is 69.0 Å². The molecule has 3 N–H and O–H groups in total. The highest BCUT2D eigenvalue weighted by molar-refractivity contribution is 6.02. The molecule has 0 spiro atoms. The number of benzene rings is 2. The van der Waals surface area contributed by atoms with Gasteiger partial charge < -0.3 is 15.8 Å². The number of ether oxygens (including phenoxy) is 1. The van der Waals surface area contributed by atoms with Gasteiger partial charge in [-0.3, -0.25) is 4.90 Å². The molecule has 3 fully saturated rings. The molecule has 0 aliphatic carbocycles. The molecular weight excluding hydrogens is 570 g/mol. The van der Waals surface area contributed by atoms with Crippen molar-refractivity contribution in [3.05, 3.63) is 53.2 Å². The van der Waals surface area contributed by atoms with Crippen LogP contribution in [0, 0.1) is 29.9 Å². The highest BCUT2D eigenvalue weighted by Crippen LogP contribution is 2.40. The van der Waals surface area contributed by atoms with Crippen molar-refractivity contribution in [1.29, 1.82) is 0 Å². The Balaban J connectivity index is 1.31. The molecule has 9 heteroatoms. The fourth-order valence-electron chi connectivity index (χ4n) is 7.92. The molecule has 45 heavy (non-hydrogen) atoms. The summed E-state index contributed by atoms with van der Waals surface area (Å²) in [6.45, 7) is 4.64. The van der Waals surface area contributed by atoms with Gasteiger partial charge in [-0.1, -0.05) is 36.6 Å². The quantitative estimate of drug-likeness (QED) is 0.223. The molecule has 234 valence electrons. The number of terminal acetylenes is 1. The summed E-state index contributed by atoms with van der Waals surface area (Å²) in [6, 6.07) is 8.42. The average molecular weight is 611 g/mol. The second-order valence-corrected chi connectivity index (χ2v) is 13.0. The van der Waals surface area contributed by atoms with Crippen LogP contribution in [0.5, 0.6) is 6.01 Å². The van der Waals surface area contributed by atoms with Crippen molar-refractivity contribution in [1.82, 2.24) is 25.2 Å². The first-order valence-corrected chi connectivity index (χ1v) is 16.4. The maximum Gasteiger partial charge on any atom is 0.319 e. The minimum absolute atomic E-state index is 0.0221. The zero-order valence-electron chi connectivity index (χ0n) is 25.7. The van der Waals surface area contributed by atoms with E-state index in [4.69, 9.17) is 21.9 Å². The lowest BCUT2D eigenvalue weighted by atomic mass is 9.94. The second kappa shape index (κ2) is 12.5. The van der Waals surface area contributed by atoms with Crippen molar-refractivity contribution in [3.63, 3.8) is 0 Å². The summed E-state index contributed by atoms with van der Waals surface area (Å²) in [5.41, 5.74) is 7.80. The average Bonchev–Trinajstić information content (AvgIpc) is 3.52. The van der Waals surface area contributed by atoms with Gasteiger partial charge in [-0.25, -0.2) is 13.8 Å². The monoisotopic (exact) mass is 610 g/mol. The number of rotatable bonds is 8. The molecule has 3 aliphatic heterocycles. The lowest BCUT2D eigenvalue weighted by Gasteiger charge is -2.31. The molecule has 4 aromatic rings. The minimum Gasteiger partial charge on any atom is -0.461 e. The van der Waals surface area contributed by atoms with Crippen molar-refractivity contribution in [2.75, 3.05) is 38.5 Å². The van der Waals surface area contributed by atoms with Crippen LogP contribution >= 0.6 is 0 Å². The van der Waals surface area contributed by atoms with E-state index in [0.717, 1.165) is 64.7 Å². The molecule has 1 atom stereocenters. The van der Waals surface area contributed by atoms with Gasteiger partial charge >= 0.3 is 6.01 Å². The molecule has 7 rings (SSSR count). The molecular formula is C36H40F2N6O. The Morgan fingerprint density at radius 1 is 1.04 bits per heavy atom. The molecule has 0 bridgehead atoms. The molecule has 0 saturated carbocycles. The summed E-state index contributed by atoms with van der Waals surface area (Å²) < 4.78 is 37.9. The molecule has 3 aliphatic rings. The van der Waals surface area contributed by atoms with Crippen LogP contribution in [-0.2, 0) is 6.42 Å². The van der Waals surface area contributed by atoms with Gasteiger partial charge in [0.1, 0.15) is 29.5 Å². The van der Waals surface area contributed by atoms with Crippen molar-refractivity contribution in [2.45, 2.75) is 69.7 Å². The van der Waals surface area contributed by atoms with Gasteiger partial charge in [-0.2, -0.15) is 9.97 Å². The number of aryl methyl sites for hydroxylation is 1. The lowest BCUT2D eigenvalue weighted by molar-refractivity contribution is 0.108. The summed E-state index contributed by atoms with van der Waals surface area (Å²) in [4.78, 5) is 16.5. The topological polar surface area (TPSA) is 89.2 Å². The van der Waals surface area contributed by atoms with E-state index in [9.17, 15) is 4.39 Å². The molecule has 1 unspecified atom stereocenters. The molecule has 7 nitrogen and oxygen atoms in total.